The monoisotopic (exact) mass is 330 g/mol. The van der Waals surface area contributed by atoms with Crippen LogP contribution in [0.1, 0.15) is 19.8 Å². The van der Waals surface area contributed by atoms with Gasteiger partial charge in [-0.1, -0.05) is 11.6 Å². The van der Waals surface area contributed by atoms with Crippen molar-refractivity contribution in [2.75, 3.05) is 19.6 Å². The SMILES string of the molecule is CCNC(=O)C1CCN(S(=O)(=O)c2ccc(Cl)cc2)CC1. The quantitative estimate of drug-likeness (QED) is 0.916. The van der Waals surface area contributed by atoms with Crippen molar-refractivity contribution in [2.24, 2.45) is 5.92 Å². The van der Waals surface area contributed by atoms with Crippen LogP contribution in [0, 0.1) is 5.92 Å². The molecule has 1 heterocycles. The van der Waals surface area contributed by atoms with E-state index in [0.717, 1.165) is 0 Å². The minimum atomic E-state index is -3.50. The van der Waals surface area contributed by atoms with Crippen LogP contribution in [-0.4, -0.2) is 38.3 Å². The van der Waals surface area contributed by atoms with Gasteiger partial charge in [0, 0.05) is 30.6 Å². The molecule has 0 bridgehead atoms. The molecule has 1 aromatic rings. The maximum absolute atomic E-state index is 12.5. The molecule has 0 atom stereocenters. The highest BCUT2D eigenvalue weighted by atomic mass is 35.5. The van der Waals surface area contributed by atoms with E-state index in [-0.39, 0.29) is 16.7 Å². The van der Waals surface area contributed by atoms with Crippen LogP contribution in [0.3, 0.4) is 0 Å². The predicted molar refractivity (Wildman–Crippen MR) is 81.6 cm³/mol. The first-order valence-electron chi connectivity index (χ1n) is 6.98. The Hall–Kier alpha value is -1.11. The molecule has 0 unspecified atom stereocenters. The van der Waals surface area contributed by atoms with Crippen LogP contribution < -0.4 is 5.32 Å². The third kappa shape index (κ3) is 3.75. The molecule has 1 amide bonds. The van der Waals surface area contributed by atoms with Gasteiger partial charge in [0.05, 0.1) is 4.90 Å². The molecule has 0 radical (unpaired) electrons. The molecule has 1 aliphatic heterocycles. The Kier molecular flexibility index (Phi) is 5.24. The van der Waals surface area contributed by atoms with E-state index < -0.39 is 10.0 Å². The number of carbonyl (C=O) groups is 1. The van der Waals surface area contributed by atoms with Gasteiger partial charge in [0.1, 0.15) is 0 Å². The molecular formula is C14H19ClN2O3S. The number of halogens is 1. The standard InChI is InChI=1S/C14H19ClN2O3S/c1-2-16-14(18)11-7-9-17(10-8-11)21(19,20)13-5-3-12(15)4-6-13/h3-6,11H,2,7-10H2,1H3,(H,16,18). The van der Waals surface area contributed by atoms with E-state index >= 15 is 0 Å². The molecule has 1 aliphatic rings. The highest BCUT2D eigenvalue weighted by Gasteiger charge is 2.31. The van der Waals surface area contributed by atoms with Crippen LogP contribution in [0.5, 0.6) is 0 Å². The molecule has 2 rings (SSSR count). The van der Waals surface area contributed by atoms with Gasteiger partial charge in [-0.05, 0) is 44.0 Å². The summed E-state index contributed by atoms with van der Waals surface area (Å²) < 4.78 is 26.4. The van der Waals surface area contributed by atoms with Gasteiger partial charge in [-0.15, -0.1) is 0 Å². The number of amides is 1. The highest BCUT2D eigenvalue weighted by molar-refractivity contribution is 7.89. The normalized spacial score (nSPS) is 17.6. The molecule has 7 heteroatoms. The molecule has 1 saturated heterocycles. The van der Waals surface area contributed by atoms with Crippen molar-refractivity contribution in [3.8, 4) is 0 Å². The maximum atomic E-state index is 12.5. The van der Waals surface area contributed by atoms with Crippen molar-refractivity contribution in [2.45, 2.75) is 24.7 Å². The summed E-state index contributed by atoms with van der Waals surface area (Å²) in [5, 5.41) is 3.29. The van der Waals surface area contributed by atoms with Gasteiger partial charge in [0.25, 0.3) is 0 Å². The van der Waals surface area contributed by atoms with Crippen molar-refractivity contribution in [3.05, 3.63) is 29.3 Å². The lowest BCUT2D eigenvalue weighted by Crippen LogP contribution is -2.42. The summed E-state index contributed by atoms with van der Waals surface area (Å²) in [4.78, 5) is 12.0. The molecular weight excluding hydrogens is 312 g/mol. The van der Waals surface area contributed by atoms with Crippen LogP contribution in [0.2, 0.25) is 5.02 Å². The zero-order valence-electron chi connectivity index (χ0n) is 11.9. The predicted octanol–water partition coefficient (Wildman–Crippen LogP) is 1.88. The number of benzene rings is 1. The average molecular weight is 331 g/mol. The van der Waals surface area contributed by atoms with Crippen LogP contribution in [0.15, 0.2) is 29.2 Å². The number of hydrogen-bond donors (Lipinski definition) is 1. The first kappa shape index (κ1) is 16.3. The minimum Gasteiger partial charge on any atom is -0.356 e. The average Bonchev–Trinajstić information content (AvgIpc) is 2.48. The number of piperidine rings is 1. The number of nitrogens with one attached hydrogen (secondary N) is 1. The fourth-order valence-electron chi connectivity index (χ4n) is 2.43. The zero-order chi connectivity index (χ0) is 15.5. The smallest absolute Gasteiger partial charge is 0.243 e. The van der Waals surface area contributed by atoms with Crippen molar-refractivity contribution in [1.82, 2.24) is 9.62 Å². The molecule has 1 fully saturated rings. The molecule has 0 aliphatic carbocycles. The van der Waals surface area contributed by atoms with E-state index in [4.69, 9.17) is 11.6 Å². The van der Waals surface area contributed by atoms with E-state index in [9.17, 15) is 13.2 Å². The van der Waals surface area contributed by atoms with Crippen molar-refractivity contribution in [3.63, 3.8) is 0 Å². The lowest BCUT2D eigenvalue weighted by molar-refractivity contribution is -0.126. The van der Waals surface area contributed by atoms with Gasteiger partial charge in [-0.25, -0.2) is 8.42 Å². The molecule has 1 N–H and O–H groups in total. The Morgan fingerprint density at radius 1 is 1.29 bits per heavy atom. The summed E-state index contributed by atoms with van der Waals surface area (Å²) in [6, 6.07) is 6.15. The van der Waals surface area contributed by atoms with Crippen LogP contribution >= 0.6 is 11.6 Å². The largest absolute Gasteiger partial charge is 0.356 e. The molecule has 0 aromatic heterocycles. The van der Waals surface area contributed by atoms with Gasteiger partial charge >= 0.3 is 0 Å². The zero-order valence-corrected chi connectivity index (χ0v) is 13.5. The fourth-order valence-corrected chi connectivity index (χ4v) is 4.03. The molecule has 0 spiro atoms. The van der Waals surface area contributed by atoms with Crippen LogP contribution in [0.4, 0.5) is 0 Å². The van der Waals surface area contributed by atoms with E-state index in [2.05, 4.69) is 5.32 Å². The van der Waals surface area contributed by atoms with Crippen LogP contribution in [0.25, 0.3) is 0 Å². The Labute approximate surface area is 130 Å². The summed E-state index contributed by atoms with van der Waals surface area (Å²) in [6.45, 7) is 3.21. The Morgan fingerprint density at radius 2 is 1.86 bits per heavy atom. The summed E-state index contributed by atoms with van der Waals surface area (Å²) in [5.41, 5.74) is 0. The second-order valence-electron chi connectivity index (χ2n) is 5.03. The molecule has 1 aromatic carbocycles. The molecule has 0 saturated carbocycles. The molecule has 21 heavy (non-hydrogen) atoms. The van der Waals surface area contributed by atoms with E-state index in [1.165, 1.54) is 16.4 Å². The summed E-state index contributed by atoms with van der Waals surface area (Å²) >= 11 is 5.78. The van der Waals surface area contributed by atoms with Crippen molar-refractivity contribution < 1.29 is 13.2 Å². The third-order valence-corrected chi connectivity index (χ3v) is 5.79. The Balaban J connectivity index is 2.04. The topological polar surface area (TPSA) is 66.5 Å². The number of hydrogen-bond acceptors (Lipinski definition) is 3. The number of nitrogens with zero attached hydrogens (tertiary/aromatic N) is 1. The maximum Gasteiger partial charge on any atom is 0.243 e. The van der Waals surface area contributed by atoms with E-state index in [1.54, 1.807) is 12.1 Å². The molecule has 5 nitrogen and oxygen atoms in total. The van der Waals surface area contributed by atoms with Crippen molar-refractivity contribution >= 4 is 27.5 Å². The third-order valence-electron chi connectivity index (χ3n) is 3.63. The Morgan fingerprint density at radius 3 is 2.38 bits per heavy atom. The van der Waals surface area contributed by atoms with E-state index in [1.807, 2.05) is 6.92 Å². The number of sulfonamides is 1. The second kappa shape index (κ2) is 6.77. The highest BCUT2D eigenvalue weighted by Crippen LogP contribution is 2.24. The van der Waals surface area contributed by atoms with Gasteiger partial charge in [-0.3, -0.25) is 4.79 Å². The lowest BCUT2D eigenvalue weighted by Gasteiger charge is -2.30. The lowest BCUT2D eigenvalue weighted by atomic mass is 9.97. The van der Waals surface area contributed by atoms with Gasteiger partial charge < -0.3 is 5.32 Å². The number of rotatable bonds is 4. The summed E-state index contributed by atoms with van der Waals surface area (Å²) in [6.07, 6.45) is 1.11. The fraction of sp³-hybridized carbons (Fsp3) is 0.500. The first-order valence-corrected chi connectivity index (χ1v) is 8.80. The summed E-state index contributed by atoms with van der Waals surface area (Å²) in [7, 11) is -3.50. The minimum absolute atomic E-state index is 0.0149. The first-order chi connectivity index (χ1) is 9.95. The second-order valence-corrected chi connectivity index (χ2v) is 7.40. The van der Waals surface area contributed by atoms with E-state index in [0.29, 0.717) is 37.5 Å². The van der Waals surface area contributed by atoms with Crippen LogP contribution in [-0.2, 0) is 14.8 Å². The van der Waals surface area contributed by atoms with Crippen molar-refractivity contribution in [1.29, 1.82) is 0 Å². The van der Waals surface area contributed by atoms with Gasteiger partial charge in [0.2, 0.25) is 15.9 Å². The Bertz CT molecular complexity index is 593. The summed E-state index contributed by atoms with van der Waals surface area (Å²) in [5.74, 6) is -0.0809. The van der Waals surface area contributed by atoms with Gasteiger partial charge in [-0.2, -0.15) is 4.31 Å². The number of carbonyl (C=O) groups excluding carboxylic acids is 1. The van der Waals surface area contributed by atoms with Gasteiger partial charge in [0.15, 0.2) is 0 Å². The molecule has 116 valence electrons.